The second kappa shape index (κ2) is 8.00. The number of hydrogen-bond donors (Lipinski definition) is 1. The summed E-state index contributed by atoms with van der Waals surface area (Å²) in [6.45, 7) is 4.58. The van der Waals surface area contributed by atoms with Gasteiger partial charge in [0.15, 0.2) is 0 Å². The highest BCUT2D eigenvalue weighted by atomic mass is 35.5. The molecule has 1 heterocycles. The minimum absolute atomic E-state index is 0.0281. The molecule has 0 spiro atoms. The van der Waals surface area contributed by atoms with Crippen LogP contribution < -0.4 is 14.8 Å². The van der Waals surface area contributed by atoms with Crippen molar-refractivity contribution >= 4 is 17.5 Å². The van der Waals surface area contributed by atoms with Crippen LogP contribution >= 0.6 is 11.6 Å². The van der Waals surface area contributed by atoms with Crippen LogP contribution in [0, 0.1) is 0 Å². The summed E-state index contributed by atoms with van der Waals surface area (Å²) in [5.74, 6) is 1.64. The first-order valence-corrected chi connectivity index (χ1v) is 9.26. The van der Waals surface area contributed by atoms with E-state index in [2.05, 4.69) is 5.32 Å². The number of hydrogen-bond acceptors (Lipinski definition) is 3. The summed E-state index contributed by atoms with van der Waals surface area (Å²) >= 11 is 5.85. The van der Waals surface area contributed by atoms with Crippen molar-refractivity contribution in [2.45, 2.75) is 44.8 Å². The van der Waals surface area contributed by atoms with Crippen molar-refractivity contribution < 1.29 is 14.3 Å². The summed E-state index contributed by atoms with van der Waals surface area (Å²) in [5, 5.41) is 3.82. The van der Waals surface area contributed by atoms with Crippen LogP contribution in [0.1, 0.15) is 44.7 Å². The predicted molar refractivity (Wildman–Crippen MR) is 103 cm³/mol. The molecular formula is C21H24ClNO3. The van der Waals surface area contributed by atoms with Crippen molar-refractivity contribution in [3.8, 4) is 11.5 Å². The Balaban J connectivity index is 1.49. The predicted octanol–water partition coefficient (Wildman–Crippen LogP) is 4.92. The van der Waals surface area contributed by atoms with E-state index in [9.17, 15) is 4.79 Å². The number of para-hydroxylation sites is 1. The quantitative estimate of drug-likeness (QED) is 0.731. The molecule has 26 heavy (non-hydrogen) atoms. The molecule has 5 heteroatoms. The molecular weight excluding hydrogens is 350 g/mol. The Hall–Kier alpha value is -2.20. The van der Waals surface area contributed by atoms with Gasteiger partial charge >= 0.3 is 0 Å². The zero-order chi connectivity index (χ0) is 18.6. The minimum Gasteiger partial charge on any atom is -0.494 e. The molecule has 2 aromatic carbocycles. The number of halogens is 1. The highest BCUT2D eigenvalue weighted by molar-refractivity contribution is 6.30. The number of fused-ring (bicyclic) bond motifs is 1. The number of nitrogens with one attached hydrogen (secondary N) is 1. The number of carbonyl (C=O) groups excluding carboxylic acids is 1. The molecule has 0 bridgehead atoms. The van der Waals surface area contributed by atoms with Gasteiger partial charge in [-0.2, -0.15) is 0 Å². The molecule has 3 rings (SSSR count). The number of amides is 1. The lowest BCUT2D eigenvalue weighted by Gasteiger charge is -2.37. The number of benzene rings is 2. The fourth-order valence-electron chi connectivity index (χ4n) is 3.15. The molecule has 1 aliphatic rings. The number of ether oxygens (including phenoxy) is 2. The van der Waals surface area contributed by atoms with E-state index in [0.29, 0.717) is 24.5 Å². The average molecular weight is 374 g/mol. The van der Waals surface area contributed by atoms with Crippen LogP contribution in [0.5, 0.6) is 11.5 Å². The third kappa shape index (κ3) is 4.92. The van der Waals surface area contributed by atoms with E-state index in [1.807, 2.05) is 50.2 Å². The Morgan fingerprint density at radius 1 is 1.23 bits per heavy atom. The van der Waals surface area contributed by atoms with Crippen molar-refractivity contribution in [1.82, 2.24) is 5.32 Å². The monoisotopic (exact) mass is 373 g/mol. The van der Waals surface area contributed by atoms with E-state index in [1.165, 1.54) is 0 Å². The third-order valence-electron chi connectivity index (χ3n) is 4.34. The van der Waals surface area contributed by atoms with Crippen LogP contribution in [0.25, 0.3) is 0 Å². The fraction of sp³-hybridized carbons (Fsp3) is 0.381. The van der Waals surface area contributed by atoms with Crippen molar-refractivity contribution in [2.75, 3.05) is 6.61 Å². The van der Waals surface area contributed by atoms with Crippen LogP contribution in [0.2, 0.25) is 5.02 Å². The van der Waals surface area contributed by atoms with E-state index in [4.69, 9.17) is 21.1 Å². The van der Waals surface area contributed by atoms with Gasteiger partial charge in [-0.25, -0.2) is 0 Å². The van der Waals surface area contributed by atoms with Crippen LogP contribution in [0.4, 0.5) is 0 Å². The first-order valence-electron chi connectivity index (χ1n) is 8.89. The van der Waals surface area contributed by atoms with Gasteiger partial charge in [0.2, 0.25) is 5.91 Å². The molecule has 1 atom stereocenters. The number of carbonyl (C=O) groups is 1. The van der Waals surface area contributed by atoms with E-state index in [-0.39, 0.29) is 17.6 Å². The molecule has 138 valence electrons. The molecule has 1 N–H and O–H groups in total. The summed E-state index contributed by atoms with van der Waals surface area (Å²) in [6.07, 6.45) is 1.83. The van der Waals surface area contributed by atoms with Crippen molar-refractivity contribution in [3.63, 3.8) is 0 Å². The van der Waals surface area contributed by atoms with Crippen LogP contribution in [0.15, 0.2) is 48.5 Å². The zero-order valence-electron chi connectivity index (χ0n) is 15.1. The Bertz CT molecular complexity index is 758. The second-order valence-electron chi connectivity index (χ2n) is 7.13. The van der Waals surface area contributed by atoms with Crippen LogP contribution in [-0.4, -0.2) is 18.1 Å². The van der Waals surface area contributed by atoms with Crippen molar-refractivity contribution in [1.29, 1.82) is 0 Å². The van der Waals surface area contributed by atoms with Crippen molar-refractivity contribution in [2.24, 2.45) is 0 Å². The molecule has 1 amide bonds. The summed E-state index contributed by atoms with van der Waals surface area (Å²) in [4.78, 5) is 12.4. The SMILES string of the molecule is CC1(C)CC(NC(=O)CCCOc2ccc(Cl)cc2)c2ccccc2O1. The molecule has 4 nitrogen and oxygen atoms in total. The van der Waals surface area contributed by atoms with Gasteiger partial charge in [0.05, 0.1) is 12.6 Å². The summed E-state index contributed by atoms with van der Waals surface area (Å²) < 4.78 is 11.6. The largest absolute Gasteiger partial charge is 0.494 e. The highest BCUT2D eigenvalue weighted by Crippen LogP contribution is 2.39. The van der Waals surface area contributed by atoms with E-state index in [1.54, 1.807) is 12.1 Å². The third-order valence-corrected chi connectivity index (χ3v) is 4.59. The molecule has 0 fully saturated rings. The second-order valence-corrected chi connectivity index (χ2v) is 7.57. The molecule has 0 aromatic heterocycles. The van der Waals surface area contributed by atoms with Gasteiger partial charge in [0.1, 0.15) is 17.1 Å². The van der Waals surface area contributed by atoms with E-state index >= 15 is 0 Å². The van der Waals surface area contributed by atoms with Gasteiger partial charge in [-0.05, 0) is 50.6 Å². The van der Waals surface area contributed by atoms with Gasteiger partial charge in [-0.15, -0.1) is 0 Å². The van der Waals surface area contributed by atoms with Gasteiger partial charge < -0.3 is 14.8 Å². The van der Waals surface area contributed by atoms with Crippen LogP contribution in [0.3, 0.4) is 0 Å². The maximum atomic E-state index is 12.4. The molecule has 2 aromatic rings. The lowest BCUT2D eigenvalue weighted by Crippen LogP contribution is -2.41. The topological polar surface area (TPSA) is 47.6 Å². The Labute approximate surface area is 159 Å². The normalized spacial score (nSPS) is 17.7. The smallest absolute Gasteiger partial charge is 0.220 e. The van der Waals surface area contributed by atoms with Gasteiger partial charge in [-0.1, -0.05) is 29.8 Å². The van der Waals surface area contributed by atoms with Crippen LogP contribution in [-0.2, 0) is 4.79 Å². The lowest BCUT2D eigenvalue weighted by molar-refractivity contribution is -0.122. The van der Waals surface area contributed by atoms with Crippen molar-refractivity contribution in [3.05, 3.63) is 59.1 Å². The first kappa shape index (κ1) is 18.6. The molecule has 1 aliphatic heterocycles. The van der Waals surface area contributed by atoms with E-state index < -0.39 is 0 Å². The molecule has 0 saturated carbocycles. The van der Waals surface area contributed by atoms with Gasteiger partial charge in [-0.3, -0.25) is 4.79 Å². The molecule has 0 saturated heterocycles. The average Bonchev–Trinajstić information content (AvgIpc) is 2.59. The Morgan fingerprint density at radius 2 is 1.96 bits per heavy atom. The molecule has 1 unspecified atom stereocenters. The Kier molecular flexibility index (Phi) is 5.72. The lowest BCUT2D eigenvalue weighted by atomic mass is 9.89. The standard InChI is InChI=1S/C21H24ClNO3/c1-21(2)14-18(17-6-3-4-7-19(17)26-21)23-20(24)8-5-13-25-16-11-9-15(22)10-12-16/h3-4,6-7,9-12,18H,5,8,13-14H2,1-2H3,(H,23,24). The maximum absolute atomic E-state index is 12.4. The first-order chi connectivity index (χ1) is 12.4. The summed E-state index contributed by atoms with van der Waals surface area (Å²) in [6, 6.07) is 15.1. The summed E-state index contributed by atoms with van der Waals surface area (Å²) in [7, 11) is 0. The van der Waals surface area contributed by atoms with Gasteiger partial charge in [0.25, 0.3) is 0 Å². The molecule has 0 aliphatic carbocycles. The molecule has 0 radical (unpaired) electrons. The fourth-order valence-corrected chi connectivity index (χ4v) is 3.28. The maximum Gasteiger partial charge on any atom is 0.220 e. The summed E-state index contributed by atoms with van der Waals surface area (Å²) in [5.41, 5.74) is 0.738. The highest BCUT2D eigenvalue weighted by Gasteiger charge is 2.34. The zero-order valence-corrected chi connectivity index (χ0v) is 15.9. The Morgan fingerprint density at radius 3 is 2.73 bits per heavy atom. The number of rotatable bonds is 6. The minimum atomic E-state index is -0.302. The van der Waals surface area contributed by atoms with Gasteiger partial charge in [0, 0.05) is 23.4 Å². The van der Waals surface area contributed by atoms with E-state index in [0.717, 1.165) is 23.5 Å².